The van der Waals surface area contributed by atoms with Gasteiger partial charge in [-0.05, 0) is 35.7 Å². The zero-order valence-electron chi connectivity index (χ0n) is 18.0. The lowest BCUT2D eigenvalue weighted by Gasteiger charge is -2.58. The molecule has 0 spiro atoms. The van der Waals surface area contributed by atoms with Gasteiger partial charge in [0, 0.05) is 18.0 Å². The minimum absolute atomic E-state index is 0.00174. The number of aliphatic hydroxyl groups is 1. The van der Waals surface area contributed by atoms with Crippen LogP contribution in [0.5, 0.6) is 0 Å². The Hall–Kier alpha value is -3.44. The van der Waals surface area contributed by atoms with E-state index >= 15 is 0 Å². The second-order valence-electron chi connectivity index (χ2n) is 8.69. The molecule has 0 aliphatic carbocycles. The molecule has 5 rings (SSSR count). The predicted molar refractivity (Wildman–Crippen MR) is 123 cm³/mol. The molecule has 0 radical (unpaired) electrons. The van der Waals surface area contributed by atoms with Crippen LogP contribution in [0.2, 0.25) is 0 Å². The molecular formula is C27H26N2O3. The largest absolute Gasteiger partial charge is 0.394 e. The van der Waals surface area contributed by atoms with Gasteiger partial charge in [0.15, 0.2) is 0 Å². The number of aliphatic hydroxyl groups excluding tert-OH is 1. The van der Waals surface area contributed by atoms with Crippen molar-refractivity contribution in [2.45, 2.75) is 24.9 Å². The van der Waals surface area contributed by atoms with E-state index in [-0.39, 0.29) is 43.0 Å². The average molecular weight is 427 g/mol. The van der Waals surface area contributed by atoms with Crippen LogP contribution in [-0.4, -0.2) is 58.5 Å². The molecular weight excluding hydrogens is 400 g/mol. The van der Waals surface area contributed by atoms with E-state index in [4.69, 9.17) is 0 Å². The van der Waals surface area contributed by atoms with Gasteiger partial charge in [0.1, 0.15) is 6.54 Å². The third-order valence-corrected chi connectivity index (χ3v) is 6.71. The zero-order valence-corrected chi connectivity index (χ0v) is 18.0. The van der Waals surface area contributed by atoms with Crippen molar-refractivity contribution >= 4 is 11.8 Å². The fourth-order valence-electron chi connectivity index (χ4n) is 5.14. The molecule has 162 valence electrons. The van der Waals surface area contributed by atoms with Gasteiger partial charge in [-0.3, -0.25) is 9.59 Å². The van der Waals surface area contributed by atoms with Crippen molar-refractivity contribution in [3.8, 4) is 11.1 Å². The van der Waals surface area contributed by atoms with Crippen LogP contribution in [0.25, 0.3) is 11.1 Å². The molecule has 0 unspecified atom stereocenters. The van der Waals surface area contributed by atoms with Crippen molar-refractivity contribution in [2.24, 2.45) is 0 Å². The lowest BCUT2D eigenvalue weighted by atomic mass is 9.73. The summed E-state index contributed by atoms with van der Waals surface area (Å²) in [4.78, 5) is 29.2. The van der Waals surface area contributed by atoms with Gasteiger partial charge >= 0.3 is 0 Å². The molecule has 5 nitrogen and oxygen atoms in total. The number of piperazine rings is 1. The van der Waals surface area contributed by atoms with Crippen LogP contribution in [-0.2, 0) is 4.79 Å². The number of rotatable bonds is 4. The molecule has 3 aromatic rings. The number of amides is 2. The number of carbonyl (C=O) groups is 2. The van der Waals surface area contributed by atoms with Gasteiger partial charge in [-0.1, -0.05) is 72.3 Å². The summed E-state index contributed by atoms with van der Waals surface area (Å²) >= 11 is 0. The maximum atomic E-state index is 13.0. The van der Waals surface area contributed by atoms with Crippen LogP contribution in [0.3, 0.4) is 0 Å². The molecule has 2 heterocycles. The predicted octanol–water partition coefficient (Wildman–Crippen LogP) is 3.47. The van der Waals surface area contributed by atoms with Crippen molar-refractivity contribution in [2.75, 3.05) is 19.7 Å². The number of aryl methyl sites for hydroxylation is 1. The molecule has 0 aromatic heterocycles. The summed E-state index contributed by atoms with van der Waals surface area (Å²) in [7, 11) is 0. The highest BCUT2D eigenvalue weighted by molar-refractivity contribution is 5.97. The molecule has 2 fully saturated rings. The monoisotopic (exact) mass is 426 g/mol. The SMILES string of the molecule is Cc1cccc(-c2ccc([C@H]3[C@H](CO)N4C(=O)CN(C(=O)c5ccccc5)C[C@@H]34)cc2)c1. The Morgan fingerprint density at radius 3 is 2.41 bits per heavy atom. The molecule has 2 aliphatic heterocycles. The standard InChI is InChI=1S/C27H26N2O3/c1-18-6-5-9-22(14-18)19-10-12-20(13-11-19)26-23-15-28(16-25(31)29(23)24(26)17-30)27(32)21-7-3-2-4-8-21/h2-14,23-24,26,30H,15-17H2,1H3/t23-,24-,26+/m0/s1. The highest BCUT2D eigenvalue weighted by Gasteiger charge is 2.54. The molecule has 1 N–H and O–H groups in total. The van der Waals surface area contributed by atoms with E-state index in [9.17, 15) is 14.7 Å². The minimum Gasteiger partial charge on any atom is -0.394 e. The van der Waals surface area contributed by atoms with Gasteiger partial charge < -0.3 is 14.9 Å². The number of nitrogens with zero attached hydrogens (tertiary/aromatic N) is 2. The van der Waals surface area contributed by atoms with Crippen LogP contribution in [0, 0.1) is 6.92 Å². The second kappa shape index (κ2) is 8.24. The lowest BCUT2D eigenvalue weighted by molar-refractivity contribution is -0.159. The first-order valence-electron chi connectivity index (χ1n) is 11.0. The first kappa shape index (κ1) is 20.5. The third-order valence-electron chi connectivity index (χ3n) is 6.71. The molecule has 2 amide bonds. The van der Waals surface area contributed by atoms with E-state index in [1.165, 1.54) is 5.56 Å². The molecule has 0 bridgehead atoms. The lowest BCUT2D eigenvalue weighted by Crippen LogP contribution is -2.73. The second-order valence-corrected chi connectivity index (χ2v) is 8.69. The summed E-state index contributed by atoms with van der Waals surface area (Å²) in [6.45, 7) is 2.52. The summed E-state index contributed by atoms with van der Waals surface area (Å²) in [6.07, 6.45) is 0. The summed E-state index contributed by atoms with van der Waals surface area (Å²) in [6, 6.07) is 25.5. The van der Waals surface area contributed by atoms with E-state index in [1.807, 2.05) is 18.2 Å². The van der Waals surface area contributed by atoms with E-state index < -0.39 is 0 Å². The summed E-state index contributed by atoms with van der Waals surface area (Å²) < 4.78 is 0. The van der Waals surface area contributed by atoms with Crippen molar-refractivity contribution in [1.82, 2.24) is 9.80 Å². The quantitative estimate of drug-likeness (QED) is 0.695. The van der Waals surface area contributed by atoms with Crippen LogP contribution < -0.4 is 0 Å². The molecule has 3 atom stereocenters. The molecule has 32 heavy (non-hydrogen) atoms. The molecule has 0 saturated carbocycles. The topological polar surface area (TPSA) is 60.9 Å². The first-order valence-corrected chi connectivity index (χ1v) is 11.0. The summed E-state index contributed by atoms with van der Waals surface area (Å²) in [5.41, 5.74) is 5.19. The fraction of sp³-hybridized carbons (Fsp3) is 0.259. The van der Waals surface area contributed by atoms with Crippen molar-refractivity contribution in [1.29, 1.82) is 0 Å². The molecule has 2 aliphatic rings. The normalized spacial score (nSPS) is 22.3. The Kier molecular flexibility index (Phi) is 5.27. The molecule has 2 saturated heterocycles. The van der Waals surface area contributed by atoms with E-state index in [0.29, 0.717) is 12.1 Å². The molecule has 3 aromatic carbocycles. The highest BCUT2D eigenvalue weighted by atomic mass is 16.3. The van der Waals surface area contributed by atoms with Crippen molar-refractivity contribution in [3.05, 3.63) is 95.6 Å². The van der Waals surface area contributed by atoms with Gasteiger partial charge in [0.25, 0.3) is 5.91 Å². The van der Waals surface area contributed by atoms with Crippen molar-refractivity contribution < 1.29 is 14.7 Å². The van der Waals surface area contributed by atoms with E-state index in [2.05, 4.69) is 55.5 Å². The zero-order chi connectivity index (χ0) is 22.2. The Morgan fingerprint density at radius 2 is 1.72 bits per heavy atom. The number of benzene rings is 3. The minimum atomic E-state index is -0.244. The number of carbonyl (C=O) groups excluding carboxylic acids is 2. The van der Waals surface area contributed by atoms with Gasteiger partial charge in [-0.2, -0.15) is 0 Å². The third kappa shape index (κ3) is 3.49. The smallest absolute Gasteiger partial charge is 0.254 e. The number of hydrogen-bond acceptors (Lipinski definition) is 3. The maximum absolute atomic E-state index is 13.0. The first-order chi connectivity index (χ1) is 15.6. The van der Waals surface area contributed by atoms with E-state index in [0.717, 1.165) is 16.7 Å². The van der Waals surface area contributed by atoms with Gasteiger partial charge in [0.05, 0.1) is 18.7 Å². The van der Waals surface area contributed by atoms with Crippen molar-refractivity contribution in [3.63, 3.8) is 0 Å². The van der Waals surface area contributed by atoms with Crippen LogP contribution in [0.4, 0.5) is 0 Å². The molecule has 5 heteroatoms. The Labute approximate surface area is 187 Å². The Morgan fingerprint density at radius 1 is 0.969 bits per heavy atom. The Balaban J connectivity index is 1.39. The van der Waals surface area contributed by atoms with Gasteiger partial charge in [-0.25, -0.2) is 0 Å². The van der Waals surface area contributed by atoms with Gasteiger partial charge in [-0.15, -0.1) is 0 Å². The average Bonchev–Trinajstić information content (AvgIpc) is 2.81. The number of hydrogen-bond donors (Lipinski definition) is 1. The Bertz CT molecular complexity index is 1140. The van der Waals surface area contributed by atoms with Gasteiger partial charge in [0.2, 0.25) is 5.91 Å². The van der Waals surface area contributed by atoms with E-state index in [1.54, 1.807) is 21.9 Å². The summed E-state index contributed by atoms with van der Waals surface area (Å²) in [5.74, 6) is -0.223. The highest BCUT2D eigenvalue weighted by Crippen LogP contribution is 2.43. The van der Waals surface area contributed by atoms with Crippen LogP contribution in [0.1, 0.15) is 27.4 Å². The van der Waals surface area contributed by atoms with Crippen LogP contribution >= 0.6 is 0 Å². The summed E-state index contributed by atoms with van der Waals surface area (Å²) in [5, 5.41) is 10.0. The maximum Gasteiger partial charge on any atom is 0.254 e. The number of fused-ring (bicyclic) bond motifs is 1. The fourth-order valence-corrected chi connectivity index (χ4v) is 5.14. The van der Waals surface area contributed by atoms with Crippen LogP contribution in [0.15, 0.2) is 78.9 Å².